The van der Waals surface area contributed by atoms with Gasteiger partial charge in [-0.05, 0) is 6.42 Å². The summed E-state index contributed by atoms with van der Waals surface area (Å²) in [5.41, 5.74) is 0.137. The molecule has 0 saturated carbocycles. The molecule has 2 amide bonds. The van der Waals surface area contributed by atoms with Crippen molar-refractivity contribution in [3.63, 3.8) is 0 Å². The zero-order valence-corrected chi connectivity index (χ0v) is 12.3. The van der Waals surface area contributed by atoms with E-state index in [4.69, 9.17) is 0 Å². The number of aliphatic carboxylic acids is 1. The predicted molar refractivity (Wildman–Crippen MR) is 74.8 cm³/mol. The second-order valence-electron chi connectivity index (χ2n) is 4.90. The van der Waals surface area contributed by atoms with Crippen LogP contribution in [0.2, 0.25) is 0 Å². The number of carbonyl (C=O) groups excluding carboxylic acids is 2. The standard InChI is InChI=1S/C13H18N2O4S/c1-3-8-9-6-10(20-5-4-14-7(2)16)11(13(18)19)15(9)12(8)17/h8-9H,3-6H2,1-2H3,(H,14,16)(H,18,19). The molecule has 0 radical (unpaired) electrons. The number of thioether (sulfide) groups is 1. The Hall–Kier alpha value is -1.50. The summed E-state index contributed by atoms with van der Waals surface area (Å²) in [7, 11) is 0. The average molecular weight is 298 g/mol. The van der Waals surface area contributed by atoms with Gasteiger partial charge in [-0.15, -0.1) is 11.8 Å². The van der Waals surface area contributed by atoms with Gasteiger partial charge >= 0.3 is 5.97 Å². The van der Waals surface area contributed by atoms with Gasteiger partial charge in [0.1, 0.15) is 5.70 Å². The summed E-state index contributed by atoms with van der Waals surface area (Å²) in [6, 6.07) is 0.0156. The van der Waals surface area contributed by atoms with Gasteiger partial charge in [-0.1, -0.05) is 6.92 Å². The molecule has 6 nitrogen and oxygen atoms in total. The fourth-order valence-corrected chi connectivity index (χ4v) is 3.79. The number of hydrogen-bond donors (Lipinski definition) is 2. The maximum absolute atomic E-state index is 11.9. The Morgan fingerprint density at radius 1 is 1.50 bits per heavy atom. The van der Waals surface area contributed by atoms with Crippen LogP contribution in [-0.4, -0.2) is 46.1 Å². The highest BCUT2D eigenvalue weighted by atomic mass is 32.2. The highest BCUT2D eigenvalue weighted by molar-refractivity contribution is 8.03. The molecule has 2 aliphatic rings. The number of nitrogens with zero attached hydrogens (tertiary/aromatic N) is 1. The highest BCUT2D eigenvalue weighted by Crippen LogP contribution is 2.46. The Morgan fingerprint density at radius 3 is 2.75 bits per heavy atom. The van der Waals surface area contributed by atoms with Crippen molar-refractivity contribution < 1.29 is 19.5 Å². The second kappa shape index (κ2) is 5.87. The van der Waals surface area contributed by atoms with Gasteiger partial charge in [0.25, 0.3) is 0 Å². The Balaban J connectivity index is 2.02. The third-order valence-electron chi connectivity index (χ3n) is 3.64. The minimum atomic E-state index is -1.04. The molecule has 20 heavy (non-hydrogen) atoms. The minimum absolute atomic E-state index is 0.0156. The van der Waals surface area contributed by atoms with Gasteiger partial charge in [0.15, 0.2) is 0 Å². The molecular formula is C13H18N2O4S. The molecule has 1 saturated heterocycles. The van der Waals surface area contributed by atoms with E-state index in [9.17, 15) is 19.5 Å². The zero-order valence-electron chi connectivity index (χ0n) is 11.5. The van der Waals surface area contributed by atoms with Crippen molar-refractivity contribution in [1.29, 1.82) is 0 Å². The van der Waals surface area contributed by atoms with Gasteiger partial charge in [-0.3, -0.25) is 9.59 Å². The van der Waals surface area contributed by atoms with Crippen LogP contribution in [0.5, 0.6) is 0 Å². The molecule has 2 N–H and O–H groups in total. The van der Waals surface area contributed by atoms with Crippen LogP contribution in [0.15, 0.2) is 10.6 Å². The number of nitrogens with one attached hydrogen (secondary N) is 1. The monoisotopic (exact) mass is 298 g/mol. The predicted octanol–water partition coefficient (Wildman–Crippen LogP) is 0.793. The van der Waals surface area contributed by atoms with Crippen LogP contribution in [0.25, 0.3) is 0 Å². The number of rotatable bonds is 6. The van der Waals surface area contributed by atoms with Crippen molar-refractivity contribution in [2.75, 3.05) is 12.3 Å². The number of carboxylic acids is 1. The summed E-state index contributed by atoms with van der Waals surface area (Å²) in [6.07, 6.45) is 1.37. The van der Waals surface area contributed by atoms with Crippen molar-refractivity contribution >= 4 is 29.5 Å². The van der Waals surface area contributed by atoms with Crippen molar-refractivity contribution in [2.24, 2.45) is 5.92 Å². The van der Waals surface area contributed by atoms with Gasteiger partial charge in [0, 0.05) is 30.5 Å². The first kappa shape index (κ1) is 14.9. The lowest BCUT2D eigenvalue weighted by Crippen LogP contribution is -2.58. The fourth-order valence-electron chi connectivity index (χ4n) is 2.73. The van der Waals surface area contributed by atoms with E-state index in [1.165, 1.54) is 23.6 Å². The van der Waals surface area contributed by atoms with Gasteiger partial charge < -0.3 is 15.3 Å². The maximum Gasteiger partial charge on any atom is 0.353 e. The van der Waals surface area contributed by atoms with E-state index in [-0.39, 0.29) is 29.5 Å². The SMILES string of the molecule is CCC1C(=O)N2C(C(=O)O)=C(SCCNC(C)=O)CC12. The molecule has 0 aromatic heterocycles. The summed E-state index contributed by atoms with van der Waals surface area (Å²) < 4.78 is 0. The Labute approximate surface area is 121 Å². The molecular weight excluding hydrogens is 280 g/mol. The Kier molecular flexibility index (Phi) is 4.37. The topological polar surface area (TPSA) is 86.7 Å². The summed E-state index contributed by atoms with van der Waals surface area (Å²) in [4.78, 5) is 36.2. The molecule has 2 heterocycles. The number of carboxylic acid groups (broad SMARTS) is 1. The van der Waals surface area contributed by atoms with E-state index < -0.39 is 5.97 Å². The lowest BCUT2D eigenvalue weighted by Gasteiger charge is -2.42. The normalized spacial score (nSPS) is 24.5. The van der Waals surface area contributed by atoms with Crippen LogP contribution in [0.1, 0.15) is 26.7 Å². The lowest BCUT2D eigenvalue weighted by atomic mass is 9.85. The average Bonchev–Trinajstić information content (AvgIpc) is 2.70. The maximum atomic E-state index is 11.9. The van der Waals surface area contributed by atoms with Crippen molar-refractivity contribution in [3.8, 4) is 0 Å². The Morgan fingerprint density at radius 2 is 2.20 bits per heavy atom. The molecule has 0 spiro atoms. The molecule has 0 aromatic carbocycles. The second-order valence-corrected chi connectivity index (χ2v) is 6.09. The quantitative estimate of drug-likeness (QED) is 0.559. The van der Waals surface area contributed by atoms with E-state index in [0.29, 0.717) is 18.7 Å². The van der Waals surface area contributed by atoms with Crippen molar-refractivity contribution in [2.45, 2.75) is 32.7 Å². The van der Waals surface area contributed by atoms with Crippen molar-refractivity contribution in [1.82, 2.24) is 10.2 Å². The first-order chi connectivity index (χ1) is 9.47. The van der Waals surface area contributed by atoms with E-state index in [1.54, 1.807) is 0 Å². The summed E-state index contributed by atoms with van der Waals surface area (Å²) in [6.45, 7) is 3.88. The van der Waals surface area contributed by atoms with Gasteiger partial charge in [-0.25, -0.2) is 4.79 Å². The minimum Gasteiger partial charge on any atom is -0.477 e. The third-order valence-corrected chi connectivity index (χ3v) is 4.76. The van der Waals surface area contributed by atoms with Crippen LogP contribution in [0.4, 0.5) is 0 Å². The highest BCUT2D eigenvalue weighted by Gasteiger charge is 2.54. The summed E-state index contributed by atoms with van der Waals surface area (Å²) >= 11 is 1.41. The molecule has 2 unspecified atom stereocenters. The number of amides is 2. The van der Waals surface area contributed by atoms with Gasteiger partial charge in [0.05, 0.1) is 12.0 Å². The molecule has 2 aliphatic heterocycles. The lowest BCUT2D eigenvalue weighted by molar-refractivity contribution is -0.155. The first-order valence-corrected chi connectivity index (χ1v) is 7.62. The van der Waals surface area contributed by atoms with E-state index in [1.807, 2.05) is 6.92 Å². The molecule has 2 rings (SSSR count). The molecule has 1 fully saturated rings. The molecule has 0 bridgehead atoms. The number of fused-ring (bicyclic) bond motifs is 1. The zero-order chi connectivity index (χ0) is 14.9. The van der Waals surface area contributed by atoms with Crippen LogP contribution in [-0.2, 0) is 14.4 Å². The first-order valence-electron chi connectivity index (χ1n) is 6.64. The van der Waals surface area contributed by atoms with Crippen LogP contribution >= 0.6 is 11.8 Å². The number of hydrogen-bond acceptors (Lipinski definition) is 4. The number of β-lactam (4-membered cyclic amide) rings is 1. The molecule has 0 aromatic rings. The fraction of sp³-hybridized carbons (Fsp3) is 0.615. The van der Waals surface area contributed by atoms with Gasteiger partial charge in [-0.2, -0.15) is 0 Å². The van der Waals surface area contributed by atoms with E-state index in [0.717, 1.165) is 11.3 Å². The molecule has 7 heteroatoms. The van der Waals surface area contributed by atoms with E-state index in [2.05, 4.69) is 5.32 Å². The number of carbonyl (C=O) groups is 3. The van der Waals surface area contributed by atoms with Crippen LogP contribution in [0, 0.1) is 5.92 Å². The van der Waals surface area contributed by atoms with Crippen molar-refractivity contribution in [3.05, 3.63) is 10.6 Å². The molecule has 0 aliphatic carbocycles. The summed E-state index contributed by atoms with van der Waals surface area (Å²) in [5, 5.41) is 12.0. The molecule has 110 valence electrons. The van der Waals surface area contributed by atoms with Gasteiger partial charge in [0.2, 0.25) is 11.8 Å². The molecule has 2 atom stereocenters. The van der Waals surface area contributed by atoms with Crippen LogP contribution in [0.3, 0.4) is 0 Å². The Bertz CT molecular complexity index is 489. The van der Waals surface area contributed by atoms with Crippen LogP contribution < -0.4 is 5.32 Å². The largest absolute Gasteiger partial charge is 0.477 e. The smallest absolute Gasteiger partial charge is 0.353 e. The van der Waals surface area contributed by atoms with E-state index >= 15 is 0 Å². The third kappa shape index (κ3) is 2.54. The summed E-state index contributed by atoms with van der Waals surface area (Å²) in [5.74, 6) is -0.658.